The zero-order chi connectivity index (χ0) is 59.4. The largest absolute Gasteiger partial charge is 0.309 e. The summed E-state index contributed by atoms with van der Waals surface area (Å²) in [5.41, 5.74) is 22.2. The molecule has 90 heavy (non-hydrogen) atoms. The molecule has 0 amide bonds. The van der Waals surface area contributed by atoms with Crippen molar-refractivity contribution in [2.24, 2.45) is 0 Å². The quantitative estimate of drug-likeness (QED) is 0.126. The van der Waals surface area contributed by atoms with Crippen LogP contribution in [0.2, 0.25) is 0 Å². The van der Waals surface area contributed by atoms with Crippen LogP contribution in [0.15, 0.2) is 328 Å². The first kappa shape index (κ1) is 51.2. The molecule has 0 aliphatic rings. The van der Waals surface area contributed by atoms with Gasteiger partial charge in [-0.1, -0.05) is 194 Å². The lowest BCUT2D eigenvalue weighted by atomic mass is 9.86. The molecule has 4 aromatic heterocycles. The smallest absolute Gasteiger partial charge is 0.194 e. The fourth-order valence-corrected chi connectivity index (χ4v) is 14.5. The first-order valence-corrected chi connectivity index (χ1v) is 30.8. The van der Waals surface area contributed by atoms with Crippen molar-refractivity contribution >= 4 is 93.0 Å². The number of ketones is 1. The highest BCUT2D eigenvalue weighted by Gasteiger charge is 2.25. The number of rotatable bonds is 10. The lowest BCUT2D eigenvalue weighted by Gasteiger charge is -2.17. The van der Waals surface area contributed by atoms with E-state index in [4.69, 9.17) is 0 Å². The summed E-state index contributed by atoms with van der Waals surface area (Å²) in [6.45, 7) is 0. The number of hydrogen-bond acceptors (Lipinski definition) is 1. The van der Waals surface area contributed by atoms with Crippen LogP contribution in [0.3, 0.4) is 0 Å². The number of carbonyl (C=O) groups is 1. The Labute approximate surface area is 519 Å². The highest BCUT2D eigenvalue weighted by Crippen LogP contribution is 2.44. The van der Waals surface area contributed by atoms with Crippen LogP contribution < -0.4 is 0 Å². The Kier molecular flexibility index (Phi) is 11.7. The number of hydrogen-bond donors (Lipinski definition) is 0. The van der Waals surface area contributed by atoms with Crippen LogP contribution in [0.5, 0.6) is 0 Å². The molecule has 420 valence electrons. The molecule has 0 atom stereocenters. The minimum Gasteiger partial charge on any atom is -0.309 e. The van der Waals surface area contributed by atoms with Crippen molar-refractivity contribution in [2.75, 3.05) is 0 Å². The predicted molar refractivity (Wildman–Crippen MR) is 375 cm³/mol. The van der Waals surface area contributed by atoms with Gasteiger partial charge in [-0.05, 0) is 178 Å². The van der Waals surface area contributed by atoms with E-state index in [1.807, 2.05) is 0 Å². The molecule has 5 nitrogen and oxygen atoms in total. The number of aromatic nitrogens is 4. The van der Waals surface area contributed by atoms with E-state index >= 15 is 4.79 Å². The Morgan fingerprint density at radius 1 is 0.189 bits per heavy atom. The summed E-state index contributed by atoms with van der Waals surface area (Å²) >= 11 is 0. The van der Waals surface area contributed by atoms with Crippen molar-refractivity contribution in [1.82, 2.24) is 18.3 Å². The molecule has 4 heterocycles. The molecule has 0 saturated carbocycles. The van der Waals surface area contributed by atoms with Crippen LogP contribution in [0.25, 0.3) is 154 Å². The Morgan fingerprint density at radius 2 is 0.411 bits per heavy atom. The SMILES string of the molecule is O=C(c1cc(-c2ccc3c(c2)c2ccccc2n3-c2ccccc2)ccc1-c1ccc2c(c1)c1ccccc1n2-c1ccccc1)c1cc(-c2ccc3c(c2)c2ccccc2n3-c2ccccc2)ccc1-c1ccc2c(c1)c1ccccc1n2-c1ccccc1. The summed E-state index contributed by atoms with van der Waals surface area (Å²) in [6.07, 6.45) is 0. The van der Waals surface area contributed by atoms with Crippen LogP contribution in [-0.2, 0) is 0 Å². The van der Waals surface area contributed by atoms with Gasteiger partial charge >= 0.3 is 0 Å². The van der Waals surface area contributed by atoms with Gasteiger partial charge in [-0.15, -0.1) is 0 Å². The summed E-state index contributed by atoms with van der Waals surface area (Å²) in [4.78, 5) is 17.0. The van der Waals surface area contributed by atoms with Crippen LogP contribution in [0.4, 0.5) is 0 Å². The predicted octanol–water partition coefficient (Wildman–Crippen LogP) is 22.0. The maximum atomic E-state index is 17.0. The highest BCUT2D eigenvalue weighted by molar-refractivity contribution is 6.20. The van der Waals surface area contributed by atoms with E-state index in [-0.39, 0.29) is 5.78 Å². The van der Waals surface area contributed by atoms with E-state index in [2.05, 4.69) is 346 Å². The van der Waals surface area contributed by atoms with E-state index < -0.39 is 0 Å². The molecule has 0 saturated heterocycles. The Morgan fingerprint density at radius 3 is 0.711 bits per heavy atom. The van der Waals surface area contributed by atoms with Gasteiger partial charge in [0.05, 0.1) is 44.1 Å². The molecule has 0 N–H and O–H groups in total. The van der Waals surface area contributed by atoms with Crippen molar-refractivity contribution < 1.29 is 4.79 Å². The molecule has 0 bridgehead atoms. The number of fused-ring (bicyclic) bond motifs is 12. The van der Waals surface area contributed by atoms with E-state index in [1.165, 1.54) is 10.8 Å². The Balaban J connectivity index is 0.872. The second kappa shape index (κ2) is 20.6. The molecule has 0 spiro atoms. The van der Waals surface area contributed by atoms with E-state index in [0.29, 0.717) is 11.1 Å². The maximum Gasteiger partial charge on any atom is 0.194 e. The summed E-state index contributed by atoms with van der Waals surface area (Å²) in [5, 5.41) is 9.15. The Hall–Kier alpha value is -12.1. The summed E-state index contributed by atoms with van der Waals surface area (Å²) in [5.74, 6) is -0.0640. The lowest BCUT2D eigenvalue weighted by molar-refractivity contribution is 0.104. The molecule has 0 radical (unpaired) electrons. The molecule has 0 fully saturated rings. The number of nitrogens with zero attached hydrogens (tertiary/aromatic N) is 4. The van der Waals surface area contributed by atoms with Gasteiger partial charge in [0.2, 0.25) is 0 Å². The van der Waals surface area contributed by atoms with Gasteiger partial charge in [0.15, 0.2) is 5.78 Å². The summed E-state index contributed by atoms with van der Waals surface area (Å²) < 4.78 is 9.39. The highest BCUT2D eigenvalue weighted by atomic mass is 16.1. The van der Waals surface area contributed by atoms with Crippen LogP contribution in [-0.4, -0.2) is 24.1 Å². The zero-order valence-corrected chi connectivity index (χ0v) is 48.9. The van der Waals surface area contributed by atoms with Crippen LogP contribution >= 0.6 is 0 Å². The van der Waals surface area contributed by atoms with E-state index in [1.54, 1.807) is 0 Å². The molecule has 18 aromatic rings. The standard InChI is InChI=1S/C85H54N4O/c90-85(75-51-55(57-39-45-81-71(49-57)67-29-13-17-33-77(67)86(81)61-21-5-1-6-22-61)37-43-65(75)59-41-47-83-73(53-59)69-31-15-19-35-79(69)88(83)63-25-9-3-10-26-63)76-52-56(58-40-46-82-72(50-58)68-30-14-18-34-78(68)87(82)62-23-7-2-8-24-62)38-44-66(76)60-42-48-84-74(54-60)70-32-16-20-36-80(70)89(84)64-27-11-4-12-28-64/h1-54H. The fourth-order valence-electron chi connectivity index (χ4n) is 14.5. The molecular formula is C85H54N4O. The van der Waals surface area contributed by atoms with E-state index in [0.717, 1.165) is 144 Å². The van der Waals surface area contributed by atoms with E-state index in [9.17, 15) is 0 Å². The fraction of sp³-hybridized carbons (Fsp3) is 0. The van der Waals surface area contributed by atoms with Gasteiger partial charge in [-0.2, -0.15) is 0 Å². The van der Waals surface area contributed by atoms with Crippen molar-refractivity contribution in [2.45, 2.75) is 0 Å². The van der Waals surface area contributed by atoms with Crippen molar-refractivity contribution in [1.29, 1.82) is 0 Å². The van der Waals surface area contributed by atoms with Crippen LogP contribution in [0, 0.1) is 0 Å². The van der Waals surface area contributed by atoms with Crippen molar-refractivity contribution in [3.05, 3.63) is 339 Å². The average molecular weight is 1150 g/mol. The second-order valence-corrected chi connectivity index (χ2v) is 23.5. The van der Waals surface area contributed by atoms with Gasteiger partial charge in [-0.25, -0.2) is 0 Å². The third-order valence-electron chi connectivity index (χ3n) is 18.6. The van der Waals surface area contributed by atoms with Crippen molar-refractivity contribution in [3.8, 4) is 67.3 Å². The van der Waals surface area contributed by atoms with Gasteiger partial charge in [0, 0.05) is 77.0 Å². The third-order valence-corrected chi connectivity index (χ3v) is 18.6. The molecule has 0 unspecified atom stereocenters. The normalized spacial score (nSPS) is 11.8. The van der Waals surface area contributed by atoms with Gasteiger partial charge < -0.3 is 18.3 Å². The van der Waals surface area contributed by atoms with Gasteiger partial charge in [0.1, 0.15) is 0 Å². The molecule has 18 rings (SSSR count). The van der Waals surface area contributed by atoms with Crippen LogP contribution in [0.1, 0.15) is 15.9 Å². The molecule has 0 aliphatic heterocycles. The minimum atomic E-state index is -0.0640. The van der Waals surface area contributed by atoms with Gasteiger partial charge in [0.25, 0.3) is 0 Å². The molecule has 5 heteroatoms. The minimum absolute atomic E-state index is 0.0640. The zero-order valence-electron chi connectivity index (χ0n) is 48.9. The monoisotopic (exact) mass is 1150 g/mol. The number of para-hydroxylation sites is 8. The average Bonchev–Trinajstić information content (AvgIpc) is 2.63. The number of benzene rings is 14. The first-order chi connectivity index (χ1) is 44.6. The van der Waals surface area contributed by atoms with Gasteiger partial charge in [-0.3, -0.25) is 4.79 Å². The van der Waals surface area contributed by atoms with Crippen molar-refractivity contribution in [3.63, 3.8) is 0 Å². The molecule has 14 aromatic carbocycles. The summed E-state index contributed by atoms with van der Waals surface area (Å²) in [7, 11) is 0. The molecular weight excluding hydrogens is 1090 g/mol. The Bertz CT molecular complexity index is 5540. The molecule has 0 aliphatic carbocycles. The lowest BCUT2D eigenvalue weighted by Crippen LogP contribution is -2.07. The second-order valence-electron chi connectivity index (χ2n) is 23.5. The third kappa shape index (κ3) is 8.07. The maximum absolute atomic E-state index is 17.0. The number of carbonyl (C=O) groups excluding carboxylic acids is 1. The topological polar surface area (TPSA) is 36.8 Å². The first-order valence-electron chi connectivity index (χ1n) is 30.8. The summed E-state index contributed by atoms with van der Waals surface area (Å²) in [6, 6.07) is 117.